The minimum atomic E-state index is 0.770. The highest BCUT2D eigenvalue weighted by Crippen LogP contribution is 2.29. The molecule has 0 aliphatic carbocycles. The van der Waals surface area contributed by atoms with Crippen molar-refractivity contribution in [3.05, 3.63) is 64.3 Å². The second-order valence-electron chi connectivity index (χ2n) is 5.37. The van der Waals surface area contributed by atoms with Crippen molar-refractivity contribution >= 4 is 33.9 Å². The van der Waals surface area contributed by atoms with Gasteiger partial charge in [-0.15, -0.1) is 0 Å². The molecule has 0 aliphatic rings. The van der Waals surface area contributed by atoms with E-state index in [0.717, 1.165) is 38.6 Å². The molecule has 0 saturated heterocycles. The lowest BCUT2D eigenvalue weighted by Gasteiger charge is -2.13. The number of anilines is 2. The van der Waals surface area contributed by atoms with Gasteiger partial charge in [-0.25, -0.2) is 0 Å². The van der Waals surface area contributed by atoms with Gasteiger partial charge in [0, 0.05) is 27.5 Å². The van der Waals surface area contributed by atoms with Gasteiger partial charge in [-0.2, -0.15) is 0 Å². The third-order valence-electron chi connectivity index (χ3n) is 3.62. The van der Waals surface area contributed by atoms with E-state index in [-0.39, 0.29) is 0 Å². The molecule has 106 valence electrons. The predicted octanol–water partition coefficient (Wildman–Crippen LogP) is 5.56. The number of hydrogen-bond acceptors (Lipinski definition) is 2. The number of pyridine rings is 1. The third kappa shape index (κ3) is 2.72. The summed E-state index contributed by atoms with van der Waals surface area (Å²) in [6, 6.07) is 14.3. The number of rotatable bonds is 2. The number of hydrogen-bond donors (Lipinski definition) is 1. The number of aryl methyl sites for hydroxylation is 3. The quantitative estimate of drug-likeness (QED) is 0.670. The zero-order chi connectivity index (χ0) is 15.0. The summed E-state index contributed by atoms with van der Waals surface area (Å²) in [6.07, 6.45) is 0. The highest BCUT2D eigenvalue weighted by molar-refractivity contribution is 6.31. The standard InChI is InChI=1S/C18H17ClN2/c1-11-7-8-14(10-16(11)19)21-17-9-13(3)20-18-12(2)5-4-6-15(17)18/h4-10H,1-3H3,(H,20,21). The maximum atomic E-state index is 6.20. The lowest BCUT2D eigenvalue weighted by Crippen LogP contribution is -1.96. The van der Waals surface area contributed by atoms with Crippen molar-refractivity contribution in [2.75, 3.05) is 5.32 Å². The third-order valence-corrected chi connectivity index (χ3v) is 4.03. The Hall–Kier alpha value is -2.06. The summed E-state index contributed by atoms with van der Waals surface area (Å²) in [5.74, 6) is 0. The van der Waals surface area contributed by atoms with E-state index in [1.54, 1.807) is 0 Å². The van der Waals surface area contributed by atoms with Gasteiger partial charge < -0.3 is 5.32 Å². The average Bonchev–Trinajstić information content (AvgIpc) is 2.44. The molecule has 2 nitrogen and oxygen atoms in total. The first-order chi connectivity index (χ1) is 10.0. The second-order valence-corrected chi connectivity index (χ2v) is 5.78. The second kappa shape index (κ2) is 5.38. The summed E-state index contributed by atoms with van der Waals surface area (Å²) in [5.41, 5.74) is 6.34. The molecule has 0 bridgehead atoms. The minimum Gasteiger partial charge on any atom is -0.355 e. The van der Waals surface area contributed by atoms with Crippen molar-refractivity contribution < 1.29 is 0 Å². The van der Waals surface area contributed by atoms with Crippen LogP contribution in [0, 0.1) is 20.8 Å². The Morgan fingerprint density at radius 2 is 1.76 bits per heavy atom. The van der Waals surface area contributed by atoms with Crippen LogP contribution < -0.4 is 5.32 Å². The van der Waals surface area contributed by atoms with Crippen LogP contribution in [0.2, 0.25) is 5.02 Å². The topological polar surface area (TPSA) is 24.9 Å². The molecule has 0 fully saturated rings. The summed E-state index contributed by atoms with van der Waals surface area (Å²) in [4.78, 5) is 4.64. The SMILES string of the molecule is Cc1cc(Nc2ccc(C)c(Cl)c2)c2cccc(C)c2n1. The van der Waals surface area contributed by atoms with Gasteiger partial charge in [-0.3, -0.25) is 4.98 Å². The Bertz CT molecular complexity index is 825. The van der Waals surface area contributed by atoms with E-state index < -0.39 is 0 Å². The van der Waals surface area contributed by atoms with Crippen LogP contribution in [0.25, 0.3) is 10.9 Å². The first kappa shape index (κ1) is 13.9. The molecule has 21 heavy (non-hydrogen) atoms. The van der Waals surface area contributed by atoms with Crippen molar-refractivity contribution in [3.63, 3.8) is 0 Å². The Morgan fingerprint density at radius 3 is 2.52 bits per heavy atom. The first-order valence-electron chi connectivity index (χ1n) is 6.95. The molecule has 3 rings (SSSR count). The molecule has 3 heteroatoms. The van der Waals surface area contributed by atoms with Gasteiger partial charge in [0.15, 0.2) is 0 Å². The normalized spacial score (nSPS) is 10.9. The molecular weight excluding hydrogens is 280 g/mol. The molecular formula is C18H17ClN2. The first-order valence-corrected chi connectivity index (χ1v) is 7.32. The molecule has 1 aromatic heterocycles. The van der Waals surface area contributed by atoms with Gasteiger partial charge >= 0.3 is 0 Å². The minimum absolute atomic E-state index is 0.770. The van der Waals surface area contributed by atoms with Gasteiger partial charge in [0.2, 0.25) is 0 Å². The van der Waals surface area contributed by atoms with E-state index >= 15 is 0 Å². The highest BCUT2D eigenvalue weighted by Gasteiger charge is 2.07. The van der Waals surface area contributed by atoms with Crippen LogP contribution in [0.4, 0.5) is 11.4 Å². The summed E-state index contributed by atoms with van der Waals surface area (Å²) >= 11 is 6.20. The molecule has 0 atom stereocenters. The molecule has 0 saturated carbocycles. The average molecular weight is 297 g/mol. The fourth-order valence-electron chi connectivity index (χ4n) is 2.45. The lowest BCUT2D eigenvalue weighted by molar-refractivity contribution is 1.24. The Morgan fingerprint density at radius 1 is 0.952 bits per heavy atom. The van der Waals surface area contributed by atoms with Crippen LogP contribution in [0.3, 0.4) is 0 Å². The van der Waals surface area contributed by atoms with Crippen molar-refractivity contribution in [1.82, 2.24) is 4.98 Å². The smallest absolute Gasteiger partial charge is 0.0755 e. The number of benzene rings is 2. The number of fused-ring (bicyclic) bond motifs is 1. The molecule has 0 radical (unpaired) electrons. The monoisotopic (exact) mass is 296 g/mol. The zero-order valence-electron chi connectivity index (χ0n) is 12.4. The molecule has 3 aromatic rings. The molecule has 1 heterocycles. The van der Waals surface area contributed by atoms with Crippen LogP contribution in [0.5, 0.6) is 0 Å². The predicted molar refractivity (Wildman–Crippen MR) is 90.7 cm³/mol. The fourth-order valence-corrected chi connectivity index (χ4v) is 2.63. The van der Waals surface area contributed by atoms with Crippen LogP contribution in [-0.4, -0.2) is 4.98 Å². The van der Waals surface area contributed by atoms with E-state index in [2.05, 4.69) is 41.5 Å². The summed E-state index contributed by atoms with van der Waals surface area (Å²) in [5, 5.41) is 5.35. The van der Waals surface area contributed by atoms with Gasteiger partial charge in [-0.1, -0.05) is 35.9 Å². The number of halogens is 1. The van der Waals surface area contributed by atoms with Gasteiger partial charge in [0.1, 0.15) is 0 Å². The van der Waals surface area contributed by atoms with E-state index in [9.17, 15) is 0 Å². The number of aromatic nitrogens is 1. The Kier molecular flexibility index (Phi) is 3.56. The number of nitrogens with zero attached hydrogens (tertiary/aromatic N) is 1. The highest BCUT2D eigenvalue weighted by atomic mass is 35.5. The van der Waals surface area contributed by atoms with Crippen LogP contribution in [0.15, 0.2) is 42.5 Å². The summed E-state index contributed by atoms with van der Waals surface area (Å²) in [7, 11) is 0. The Balaban J connectivity index is 2.11. The van der Waals surface area contributed by atoms with Gasteiger partial charge in [0.25, 0.3) is 0 Å². The van der Waals surface area contributed by atoms with E-state index in [4.69, 9.17) is 11.6 Å². The van der Waals surface area contributed by atoms with Crippen LogP contribution in [-0.2, 0) is 0 Å². The fraction of sp³-hybridized carbons (Fsp3) is 0.167. The van der Waals surface area contributed by atoms with Crippen molar-refractivity contribution in [3.8, 4) is 0 Å². The zero-order valence-corrected chi connectivity index (χ0v) is 13.1. The van der Waals surface area contributed by atoms with E-state index in [1.807, 2.05) is 32.0 Å². The molecule has 0 unspecified atom stereocenters. The van der Waals surface area contributed by atoms with Gasteiger partial charge in [-0.05, 0) is 50.1 Å². The van der Waals surface area contributed by atoms with Crippen molar-refractivity contribution in [2.45, 2.75) is 20.8 Å². The van der Waals surface area contributed by atoms with Crippen LogP contribution in [0.1, 0.15) is 16.8 Å². The number of para-hydroxylation sites is 1. The molecule has 1 N–H and O–H groups in total. The van der Waals surface area contributed by atoms with Crippen molar-refractivity contribution in [1.29, 1.82) is 0 Å². The maximum Gasteiger partial charge on any atom is 0.0755 e. The van der Waals surface area contributed by atoms with E-state index in [0.29, 0.717) is 0 Å². The molecule has 0 amide bonds. The van der Waals surface area contributed by atoms with Gasteiger partial charge in [0.05, 0.1) is 5.52 Å². The van der Waals surface area contributed by atoms with E-state index in [1.165, 1.54) is 5.56 Å². The molecule has 2 aromatic carbocycles. The molecule has 0 aliphatic heterocycles. The Labute approximate surface area is 129 Å². The summed E-state index contributed by atoms with van der Waals surface area (Å²) < 4.78 is 0. The number of nitrogens with one attached hydrogen (secondary N) is 1. The maximum absolute atomic E-state index is 6.20. The largest absolute Gasteiger partial charge is 0.355 e. The summed E-state index contributed by atoms with van der Waals surface area (Å²) in [6.45, 7) is 6.10. The van der Waals surface area contributed by atoms with Crippen molar-refractivity contribution in [2.24, 2.45) is 0 Å². The van der Waals surface area contributed by atoms with Crippen LogP contribution >= 0.6 is 11.6 Å². The lowest BCUT2D eigenvalue weighted by atomic mass is 10.1. The molecule has 0 spiro atoms.